The maximum atomic E-state index is 12.2. The Bertz CT molecular complexity index is 617. The number of carbonyl (C=O) groups excluding carboxylic acids is 2. The molecule has 0 radical (unpaired) electrons. The highest BCUT2D eigenvalue weighted by atomic mass is 16.2. The van der Waals surface area contributed by atoms with Gasteiger partial charge in [0.15, 0.2) is 0 Å². The fourth-order valence-corrected chi connectivity index (χ4v) is 3.20. The Morgan fingerprint density at radius 1 is 1.32 bits per heavy atom. The maximum absolute atomic E-state index is 12.2. The highest BCUT2D eigenvalue weighted by Gasteiger charge is 2.21. The standard InChI is InChI=1S/C19H30N4O2/c1-13-6-5-9-23(12-13)15(3)11-20-19(25)22-18-10-17(21-16(4)24)8-7-14(18)2/h7-8,10,13,15H,5-6,9,11-12H2,1-4H3,(H,21,24)(H2,20,22,25). The van der Waals surface area contributed by atoms with E-state index < -0.39 is 0 Å². The lowest BCUT2D eigenvalue weighted by Crippen LogP contribution is -2.47. The van der Waals surface area contributed by atoms with Gasteiger partial charge in [0.2, 0.25) is 5.91 Å². The molecule has 2 atom stereocenters. The van der Waals surface area contributed by atoms with Gasteiger partial charge in [0.25, 0.3) is 0 Å². The molecule has 2 rings (SSSR count). The molecule has 0 aliphatic carbocycles. The molecule has 1 saturated heterocycles. The zero-order valence-corrected chi connectivity index (χ0v) is 15.7. The lowest BCUT2D eigenvalue weighted by Gasteiger charge is -2.35. The summed E-state index contributed by atoms with van der Waals surface area (Å²) in [7, 11) is 0. The van der Waals surface area contributed by atoms with Crippen LogP contribution in [0.15, 0.2) is 18.2 Å². The summed E-state index contributed by atoms with van der Waals surface area (Å²) in [4.78, 5) is 25.8. The minimum absolute atomic E-state index is 0.135. The predicted molar refractivity (Wildman–Crippen MR) is 102 cm³/mol. The van der Waals surface area contributed by atoms with Crippen LogP contribution in [0.25, 0.3) is 0 Å². The molecular weight excluding hydrogens is 316 g/mol. The van der Waals surface area contributed by atoms with Crippen LogP contribution in [0.2, 0.25) is 0 Å². The van der Waals surface area contributed by atoms with E-state index in [1.807, 2.05) is 19.1 Å². The second-order valence-corrected chi connectivity index (χ2v) is 7.14. The number of likely N-dealkylation sites (tertiary alicyclic amines) is 1. The Hall–Kier alpha value is -2.08. The number of anilines is 2. The van der Waals surface area contributed by atoms with E-state index in [1.54, 1.807) is 6.07 Å². The number of nitrogens with one attached hydrogen (secondary N) is 3. The average Bonchev–Trinajstić information content (AvgIpc) is 2.55. The third kappa shape index (κ3) is 6.05. The van der Waals surface area contributed by atoms with E-state index in [9.17, 15) is 9.59 Å². The van der Waals surface area contributed by atoms with Crippen LogP contribution in [0, 0.1) is 12.8 Å². The number of nitrogens with zero attached hydrogens (tertiary/aromatic N) is 1. The second kappa shape index (κ2) is 8.85. The first-order valence-corrected chi connectivity index (χ1v) is 9.02. The van der Waals surface area contributed by atoms with Crippen molar-refractivity contribution in [3.8, 4) is 0 Å². The molecule has 1 fully saturated rings. The van der Waals surface area contributed by atoms with Gasteiger partial charge in [-0.2, -0.15) is 0 Å². The van der Waals surface area contributed by atoms with Crippen molar-refractivity contribution in [2.45, 2.75) is 46.6 Å². The van der Waals surface area contributed by atoms with Crippen molar-refractivity contribution in [3.63, 3.8) is 0 Å². The number of urea groups is 1. The van der Waals surface area contributed by atoms with E-state index >= 15 is 0 Å². The molecule has 138 valence electrons. The molecule has 2 unspecified atom stereocenters. The molecule has 1 aliphatic rings. The number of hydrogen-bond donors (Lipinski definition) is 3. The van der Waals surface area contributed by atoms with Crippen molar-refractivity contribution in [2.75, 3.05) is 30.3 Å². The fraction of sp³-hybridized carbons (Fsp3) is 0.579. The quantitative estimate of drug-likeness (QED) is 0.766. The van der Waals surface area contributed by atoms with Gasteiger partial charge in [0.05, 0.1) is 0 Å². The van der Waals surface area contributed by atoms with Crippen LogP contribution < -0.4 is 16.0 Å². The summed E-state index contributed by atoms with van der Waals surface area (Å²) in [6, 6.07) is 5.56. The molecule has 1 heterocycles. The number of hydrogen-bond acceptors (Lipinski definition) is 3. The lowest BCUT2D eigenvalue weighted by molar-refractivity contribution is -0.114. The van der Waals surface area contributed by atoms with Gasteiger partial charge in [-0.1, -0.05) is 13.0 Å². The molecule has 6 heteroatoms. The smallest absolute Gasteiger partial charge is 0.319 e. The Morgan fingerprint density at radius 2 is 2.08 bits per heavy atom. The van der Waals surface area contributed by atoms with Gasteiger partial charge in [0.1, 0.15) is 0 Å². The summed E-state index contributed by atoms with van der Waals surface area (Å²) in [5, 5.41) is 8.55. The summed E-state index contributed by atoms with van der Waals surface area (Å²) in [6.07, 6.45) is 2.52. The molecule has 6 nitrogen and oxygen atoms in total. The number of aryl methyl sites for hydroxylation is 1. The third-order valence-corrected chi connectivity index (χ3v) is 4.68. The van der Waals surface area contributed by atoms with Gasteiger partial charge in [-0.15, -0.1) is 0 Å². The number of piperidine rings is 1. The summed E-state index contributed by atoms with van der Waals surface area (Å²) in [6.45, 7) is 10.6. The van der Waals surface area contributed by atoms with E-state index in [0.29, 0.717) is 24.0 Å². The molecule has 1 aromatic rings. The molecule has 0 aromatic heterocycles. The van der Waals surface area contributed by atoms with Crippen LogP contribution in [-0.4, -0.2) is 42.5 Å². The van der Waals surface area contributed by atoms with Crippen molar-refractivity contribution < 1.29 is 9.59 Å². The molecule has 1 aliphatic heterocycles. The lowest BCUT2D eigenvalue weighted by atomic mass is 9.99. The van der Waals surface area contributed by atoms with E-state index in [-0.39, 0.29) is 11.9 Å². The largest absolute Gasteiger partial charge is 0.336 e. The van der Waals surface area contributed by atoms with Gasteiger partial charge in [-0.3, -0.25) is 9.69 Å². The van der Waals surface area contributed by atoms with Crippen LogP contribution in [0.5, 0.6) is 0 Å². The van der Waals surface area contributed by atoms with Gasteiger partial charge in [0, 0.05) is 37.4 Å². The zero-order valence-electron chi connectivity index (χ0n) is 15.7. The Morgan fingerprint density at radius 3 is 2.76 bits per heavy atom. The van der Waals surface area contributed by atoms with Crippen LogP contribution in [0.4, 0.5) is 16.2 Å². The fourth-order valence-electron chi connectivity index (χ4n) is 3.20. The first-order chi connectivity index (χ1) is 11.8. The summed E-state index contributed by atoms with van der Waals surface area (Å²) in [5.74, 6) is 0.591. The Labute approximate surface area is 150 Å². The second-order valence-electron chi connectivity index (χ2n) is 7.14. The molecule has 3 N–H and O–H groups in total. The van der Waals surface area contributed by atoms with Gasteiger partial charge < -0.3 is 16.0 Å². The number of benzene rings is 1. The molecule has 1 aromatic carbocycles. The van der Waals surface area contributed by atoms with E-state index in [0.717, 1.165) is 24.6 Å². The van der Waals surface area contributed by atoms with Crippen LogP contribution in [-0.2, 0) is 4.79 Å². The number of carbonyl (C=O) groups is 2. The molecule has 0 bridgehead atoms. The maximum Gasteiger partial charge on any atom is 0.319 e. The molecular formula is C19H30N4O2. The minimum Gasteiger partial charge on any atom is -0.336 e. The highest BCUT2D eigenvalue weighted by molar-refractivity contribution is 5.93. The first kappa shape index (κ1) is 19.2. The molecule has 0 spiro atoms. The minimum atomic E-state index is -0.222. The van der Waals surface area contributed by atoms with Crippen molar-refractivity contribution in [1.29, 1.82) is 0 Å². The summed E-state index contributed by atoms with van der Waals surface area (Å²) in [5.41, 5.74) is 2.31. The molecule has 0 saturated carbocycles. The van der Waals surface area contributed by atoms with Gasteiger partial charge in [-0.25, -0.2) is 4.79 Å². The normalized spacial score (nSPS) is 19.1. The zero-order chi connectivity index (χ0) is 18.4. The topological polar surface area (TPSA) is 73.5 Å². The Kier molecular flexibility index (Phi) is 6.82. The van der Waals surface area contributed by atoms with Gasteiger partial charge >= 0.3 is 6.03 Å². The van der Waals surface area contributed by atoms with Crippen molar-refractivity contribution in [2.24, 2.45) is 5.92 Å². The highest BCUT2D eigenvalue weighted by Crippen LogP contribution is 2.20. The summed E-state index contributed by atoms with van der Waals surface area (Å²) < 4.78 is 0. The van der Waals surface area contributed by atoms with Crippen LogP contribution in [0.3, 0.4) is 0 Å². The third-order valence-electron chi connectivity index (χ3n) is 4.68. The first-order valence-electron chi connectivity index (χ1n) is 9.02. The van der Waals surface area contributed by atoms with Crippen LogP contribution >= 0.6 is 0 Å². The van der Waals surface area contributed by atoms with Gasteiger partial charge in [-0.05, 0) is 56.8 Å². The monoisotopic (exact) mass is 346 g/mol. The average molecular weight is 346 g/mol. The van der Waals surface area contributed by atoms with Crippen molar-refractivity contribution in [3.05, 3.63) is 23.8 Å². The van der Waals surface area contributed by atoms with Crippen molar-refractivity contribution in [1.82, 2.24) is 10.2 Å². The van der Waals surface area contributed by atoms with E-state index in [1.165, 1.54) is 19.8 Å². The number of amides is 3. The molecule has 25 heavy (non-hydrogen) atoms. The predicted octanol–water partition coefficient (Wildman–Crippen LogP) is 3.20. The van der Waals surface area contributed by atoms with E-state index in [4.69, 9.17) is 0 Å². The Balaban J connectivity index is 1.86. The molecule has 3 amide bonds. The van der Waals surface area contributed by atoms with Crippen LogP contribution in [0.1, 0.15) is 39.2 Å². The van der Waals surface area contributed by atoms with E-state index in [2.05, 4.69) is 34.7 Å². The summed E-state index contributed by atoms with van der Waals surface area (Å²) >= 11 is 0. The number of rotatable bonds is 5. The SMILES string of the molecule is CC(=O)Nc1ccc(C)c(NC(=O)NCC(C)N2CCCC(C)C2)c1. The van der Waals surface area contributed by atoms with Crippen molar-refractivity contribution >= 4 is 23.3 Å².